The molecule has 0 saturated carbocycles. The van der Waals surface area contributed by atoms with Crippen LogP contribution >= 0.6 is 0 Å². The van der Waals surface area contributed by atoms with Gasteiger partial charge in [0.15, 0.2) is 34.0 Å². The minimum Gasteiger partial charge on any atom is -0.457 e. The molecule has 0 radical (unpaired) electrons. The molecule has 6 fully saturated rings. The SMILES string of the molecule is C=CCOC(=O)NC[C@@H](C)[C@H](C)C[C@]12CCC(C(=O)OC(C)(C)C)=C[C@@H]1[C@H]1O[C@@]3(C[C@@H]4CCC[C@]5(CC[C@]6(O[C@H](CC[C@]6(C)O[Si](CC)(CC)CC)CC(=C)CCCC2=O)O5)O4)C[C@H](C)[C@H](O[Si](C)(C)C(C)(C)C)[C@@H]1O3. The molecule has 0 aromatic carbocycles. The lowest BCUT2D eigenvalue weighted by Crippen LogP contribution is -2.65. The summed E-state index contributed by atoms with van der Waals surface area (Å²) in [5.41, 5.74) is -0.745. The molecule has 432 valence electrons. The van der Waals surface area contributed by atoms with Gasteiger partial charge in [0.05, 0.1) is 24.4 Å². The Morgan fingerprint density at radius 2 is 1.55 bits per heavy atom. The van der Waals surface area contributed by atoms with Crippen LogP contribution in [0.5, 0.6) is 0 Å². The number of alkyl carbamates (subject to hydrolysis) is 1. The van der Waals surface area contributed by atoms with Crippen molar-refractivity contribution < 1.29 is 56.4 Å². The number of ketones is 1. The molecule has 0 aromatic heterocycles. The summed E-state index contributed by atoms with van der Waals surface area (Å²) < 4.78 is 64.2. The number of nitrogens with one attached hydrogen (secondary N) is 1. The fourth-order valence-electron chi connectivity index (χ4n) is 14.0. The molecule has 7 bridgehead atoms. The van der Waals surface area contributed by atoms with Crippen molar-refractivity contribution >= 4 is 34.5 Å². The minimum atomic E-state index is -2.42. The van der Waals surface area contributed by atoms with Crippen molar-refractivity contribution in [2.24, 2.45) is 29.1 Å². The highest BCUT2D eigenvalue weighted by molar-refractivity contribution is 6.74. The van der Waals surface area contributed by atoms with Crippen LogP contribution in [0.3, 0.4) is 0 Å². The monoisotopic (exact) mass is 1100 g/mol. The maximum atomic E-state index is 16.0. The van der Waals surface area contributed by atoms with E-state index in [9.17, 15) is 9.59 Å². The molecule has 3 spiro atoms. The van der Waals surface area contributed by atoms with Crippen molar-refractivity contribution in [1.29, 1.82) is 0 Å². The number of rotatable bonds is 15. The molecule has 6 heterocycles. The van der Waals surface area contributed by atoms with E-state index in [0.29, 0.717) is 82.7 Å². The highest BCUT2D eigenvalue weighted by Gasteiger charge is 2.68. The molecule has 1 amide bonds. The van der Waals surface area contributed by atoms with Gasteiger partial charge in [-0.2, -0.15) is 0 Å². The van der Waals surface area contributed by atoms with Gasteiger partial charge in [-0.1, -0.05) is 93.2 Å². The summed E-state index contributed by atoms with van der Waals surface area (Å²) in [6.45, 7) is 41.5. The number of hydrogen-bond donors (Lipinski definition) is 1. The minimum absolute atomic E-state index is 0.0304. The molecule has 1 N–H and O–H groups in total. The normalized spacial score (nSPS) is 37.4. The summed E-state index contributed by atoms with van der Waals surface area (Å²) in [7, 11) is -4.54. The first-order chi connectivity index (χ1) is 35.4. The van der Waals surface area contributed by atoms with E-state index in [4.69, 9.17) is 42.0 Å². The zero-order valence-corrected chi connectivity index (χ0v) is 52.0. The molecule has 0 aromatic rings. The molecule has 7 rings (SSSR count). The second-order valence-corrected chi connectivity index (χ2v) is 37.0. The lowest BCUT2D eigenvalue weighted by atomic mass is 9.57. The number of esters is 1. The zero-order chi connectivity index (χ0) is 55.9. The van der Waals surface area contributed by atoms with Gasteiger partial charge in [-0.15, -0.1) is 0 Å². The van der Waals surface area contributed by atoms with Gasteiger partial charge in [-0.3, -0.25) is 4.79 Å². The predicted molar refractivity (Wildman–Crippen MR) is 302 cm³/mol. The Hall–Kier alpha value is -2.22. The summed E-state index contributed by atoms with van der Waals surface area (Å²) in [5.74, 6) is -3.77. The molecule has 7 aliphatic rings. The number of amides is 1. The predicted octanol–water partition coefficient (Wildman–Crippen LogP) is 14.0. The third kappa shape index (κ3) is 12.9. The first-order valence-corrected chi connectivity index (χ1v) is 35.3. The van der Waals surface area contributed by atoms with Crippen molar-refractivity contribution in [3.63, 3.8) is 0 Å². The number of fused-ring (bicyclic) bond motifs is 7. The largest absolute Gasteiger partial charge is 0.457 e. The van der Waals surface area contributed by atoms with Gasteiger partial charge in [0.1, 0.15) is 29.7 Å². The summed E-state index contributed by atoms with van der Waals surface area (Å²) in [4.78, 5) is 43.1. The lowest BCUT2D eigenvalue weighted by Gasteiger charge is -2.55. The Balaban J connectivity index is 1.35. The summed E-state index contributed by atoms with van der Waals surface area (Å²) >= 11 is 0. The number of carbonyl (C=O) groups excluding carboxylic acids is 3. The number of Topliss-reactive ketones (excluding diaryl/α,β-unsaturated/α-hetero) is 1. The molecule has 0 unspecified atom stereocenters. The molecule has 14 atom stereocenters. The second kappa shape index (κ2) is 23.3. The molecular weight excluding hydrogens is 995 g/mol. The second-order valence-electron chi connectivity index (χ2n) is 27.6. The van der Waals surface area contributed by atoms with Crippen molar-refractivity contribution in [3.8, 4) is 0 Å². The van der Waals surface area contributed by atoms with Gasteiger partial charge in [0.25, 0.3) is 0 Å². The van der Waals surface area contributed by atoms with Gasteiger partial charge < -0.3 is 47.3 Å². The van der Waals surface area contributed by atoms with Crippen molar-refractivity contribution in [3.05, 3.63) is 36.5 Å². The first kappa shape index (κ1) is 61.4. The van der Waals surface area contributed by atoms with Crippen LogP contribution in [0.2, 0.25) is 36.3 Å². The quantitative estimate of drug-likeness (QED) is 0.0946. The summed E-state index contributed by atoms with van der Waals surface area (Å²) in [6.07, 6.45) is 11.3. The van der Waals surface area contributed by atoms with Gasteiger partial charge >= 0.3 is 12.1 Å². The van der Waals surface area contributed by atoms with Crippen LogP contribution in [-0.4, -0.2) is 107 Å². The van der Waals surface area contributed by atoms with E-state index in [1.807, 2.05) is 20.8 Å². The van der Waals surface area contributed by atoms with Crippen molar-refractivity contribution in [2.75, 3.05) is 13.2 Å². The van der Waals surface area contributed by atoms with E-state index >= 15 is 4.79 Å². The van der Waals surface area contributed by atoms with Gasteiger partial charge in [0.2, 0.25) is 0 Å². The number of carbonyl (C=O) groups is 3. The Morgan fingerprint density at radius 1 is 0.855 bits per heavy atom. The molecule has 15 heteroatoms. The van der Waals surface area contributed by atoms with Crippen LogP contribution in [0.4, 0.5) is 4.79 Å². The van der Waals surface area contributed by atoms with Crippen LogP contribution in [0.15, 0.2) is 36.5 Å². The number of hydrogen-bond acceptors (Lipinski definition) is 12. The summed E-state index contributed by atoms with van der Waals surface area (Å²) in [6, 6.07) is 3.09. The maximum Gasteiger partial charge on any atom is 0.407 e. The topological polar surface area (TPSA) is 146 Å². The van der Waals surface area contributed by atoms with Crippen molar-refractivity contribution in [2.45, 2.75) is 288 Å². The van der Waals surface area contributed by atoms with Crippen LogP contribution in [-0.2, 0) is 51.6 Å². The summed E-state index contributed by atoms with van der Waals surface area (Å²) in [5, 5.41) is 2.86. The zero-order valence-electron chi connectivity index (χ0n) is 50.0. The first-order valence-electron chi connectivity index (χ1n) is 29.9. The highest BCUT2D eigenvalue weighted by atomic mass is 28.4. The maximum absolute atomic E-state index is 16.0. The Labute approximate surface area is 461 Å². The Kier molecular flexibility index (Phi) is 18.9. The van der Waals surface area contributed by atoms with Crippen molar-refractivity contribution in [1.82, 2.24) is 5.32 Å². The van der Waals surface area contributed by atoms with E-state index < -0.39 is 74.8 Å². The standard InChI is InChI=1S/C61H103NO12Si2/c1-18-34-66-54(65)62-40-44(8)42(6)37-58-31-27-45(53(64)71-55(9,10)11)36-48(58)51-52-50(72-75(16,17)56(12,13)14)43(7)38-60(69-51,70-52)39-47-25-23-29-59(67-47)32-33-61(73-59)57(15,74-76(19-2,20-3)21-4)30-28-46(68-61)35-41(5)24-22-26-49(58)63/h18,36,42-44,46-48,50-52H,1,5,19-35,37-40H2,2-4,6-17H3,(H,62,65)/t42-,43+,44-,46-,47+,48-,50+,51-,52+,57+,58-,59+,60+,61+/m1/s1. The Morgan fingerprint density at radius 3 is 2.21 bits per heavy atom. The molecular formula is C61H103NO12Si2. The van der Waals surface area contributed by atoms with Crippen LogP contribution in [0.25, 0.3) is 0 Å². The van der Waals surface area contributed by atoms with Crippen LogP contribution < -0.4 is 5.32 Å². The van der Waals surface area contributed by atoms with E-state index in [1.165, 1.54) is 0 Å². The van der Waals surface area contributed by atoms with Gasteiger partial charge in [0, 0.05) is 62.0 Å². The fourth-order valence-corrected chi connectivity index (χ4v) is 18.6. The van der Waals surface area contributed by atoms with E-state index in [0.717, 1.165) is 55.8 Å². The third-order valence-corrected chi connectivity index (χ3v) is 29.1. The van der Waals surface area contributed by atoms with Crippen LogP contribution in [0, 0.1) is 29.1 Å². The van der Waals surface area contributed by atoms with Crippen LogP contribution in [0.1, 0.15) is 193 Å². The highest BCUT2D eigenvalue weighted by Crippen LogP contribution is 2.60. The molecule has 1 aliphatic carbocycles. The van der Waals surface area contributed by atoms with E-state index in [1.54, 1.807) is 6.08 Å². The average Bonchev–Trinajstić information content (AvgIpc) is 3.85. The average molecular weight is 1100 g/mol. The molecule has 6 aliphatic heterocycles. The fraction of sp³-hybridized carbons (Fsp3) is 0.852. The Bertz CT molecular complexity index is 2120. The van der Waals surface area contributed by atoms with E-state index in [2.05, 4.69) is 107 Å². The molecule has 76 heavy (non-hydrogen) atoms. The number of ether oxygens (including phenoxy) is 7. The molecule has 13 nitrogen and oxygen atoms in total. The third-order valence-electron chi connectivity index (χ3n) is 19.9. The smallest absolute Gasteiger partial charge is 0.407 e. The van der Waals surface area contributed by atoms with Gasteiger partial charge in [-0.25, -0.2) is 9.59 Å². The van der Waals surface area contributed by atoms with E-state index in [-0.39, 0.29) is 59.5 Å². The lowest BCUT2D eigenvalue weighted by molar-refractivity contribution is -0.400. The molecule has 6 saturated heterocycles. The van der Waals surface area contributed by atoms with Gasteiger partial charge in [-0.05, 0) is 146 Å².